The molecule has 0 radical (unpaired) electrons. The maximum Gasteiger partial charge on any atom is 0.0195 e. The molecule has 2 atom stereocenters. The Kier molecular flexibility index (Phi) is 4.79. The Morgan fingerprint density at radius 3 is 2.95 bits per heavy atom. The summed E-state index contributed by atoms with van der Waals surface area (Å²) in [5.41, 5.74) is 3.09. The standard InChI is InChI=1S/C17H25BrN2/c1-20(12-16-4-2-3-9-19-16)17-8-6-13-10-15(18)7-5-14(13)11-17/h5,7,10,16-17,19H,2-4,6,8-9,11-12H2,1H3. The Balaban J connectivity index is 1.59. The highest BCUT2D eigenvalue weighted by Crippen LogP contribution is 2.27. The lowest BCUT2D eigenvalue weighted by molar-refractivity contribution is 0.188. The molecule has 1 aliphatic heterocycles. The maximum absolute atomic E-state index is 3.67. The summed E-state index contributed by atoms with van der Waals surface area (Å²) in [4.78, 5) is 2.59. The minimum atomic E-state index is 0.708. The maximum atomic E-state index is 3.67. The van der Waals surface area contributed by atoms with Gasteiger partial charge in [-0.05, 0) is 69.0 Å². The second-order valence-corrected chi connectivity index (χ2v) is 7.31. The predicted octanol–water partition coefficient (Wildman–Crippen LogP) is 3.38. The number of hydrogen-bond donors (Lipinski definition) is 1. The van der Waals surface area contributed by atoms with Crippen molar-refractivity contribution < 1.29 is 0 Å². The Morgan fingerprint density at radius 1 is 1.25 bits per heavy atom. The molecule has 0 bridgehead atoms. The van der Waals surface area contributed by atoms with Crippen LogP contribution in [0.2, 0.25) is 0 Å². The van der Waals surface area contributed by atoms with Gasteiger partial charge < -0.3 is 10.2 Å². The van der Waals surface area contributed by atoms with Crippen molar-refractivity contribution in [3.05, 3.63) is 33.8 Å². The summed E-state index contributed by atoms with van der Waals surface area (Å²) in [6.07, 6.45) is 7.83. The topological polar surface area (TPSA) is 15.3 Å². The van der Waals surface area contributed by atoms with E-state index in [1.54, 1.807) is 11.1 Å². The molecule has 1 saturated heterocycles. The quantitative estimate of drug-likeness (QED) is 0.910. The van der Waals surface area contributed by atoms with Crippen LogP contribution in [-0.2, 0) is 12.8 Å². The van der Waals surface area contributed by atoms with E-state index in [9.17, 15) is 0 Å². The molecule has 1 aromatic carbocycles. The van der Waals surface area contributed by atoms with Gasteiger partial charge in [0, 0.05) is 23.1 Å². The van der Waals surface area contributed by atoms with Crippen molar-refractivity contribution in [1.29, 1.82) is 0 Å². The zero-order chi connectivity index (χ0) is 13.9. The fraction of sp³-hybridized carbons (Fsp3) is 0.647. The van der Waals surface area contributed by atoms with Crippen molar-refractivity contribution in [1.82, 2.24) is 10.2 Å². The molecule has 1 aromatic rings. The molecule has 0 spiro atoms. The highest BCUT2D eigenvalue weighted by molar-refractivity contribution is 9.10. The van der Waals surface area contributed by atoms with Gasteiger partial charge in [0.15, 0.2) is 0 Å². The molecule has 110 valence electrons. The summed E-state index contributed by atoms with van der Waals surface area (Å²) >= 11 is 3.58. The first-order valence-corrected chi connectivity index (χ1v) is 8.72. The van der Waals surface area contributed by atoms with E-state index in [0.29, 0.717) is 12.1 Å². The van der Waals surface area contributed by atoms with E-state index >= 15 is 0 Å². The molecule has 2 aliphatic rings. The fourth-order valence-electron chi connectivity index (χ4n) is 3.66. The summed E-state index contributed by atoms with van der Waals surface area (Å²) in [7, 11) is 2.31. The van der Waals surface area contributed by atoms with Crippen molar-refractivity contribution in [2.75, 3.05) is 20.1 Å². The van der Waals surface area contributed by atoms with Gasteiger partial charge in [0.1, 0.15) is 0 Å². The van der Waals surface area contributed by atoms with Crippen LogP contribution in [0.15, 0.2) is 22.7 Å². The van der Waals surface area contributed by atoms with E-state index in [4.69, 9.17) is 0 Å². The van der Waals surface area contributed by atoms with Gasteiger partial charge in [0.25, 0.3) is 0 Å². The van der Waals surface area contributed by atoms with E-state index in [0.717, 1.165) is 0 Å². The first-order valence-electron chi connectivity index (χ1n) is 7.93. The van der Waals surface area contributed by atoms with Gasteiger partial charge in [0.05, 0.1) is 0 Å². The normalized spacial score (nSPS) is 26.6. The van der Waals surface area contributed by atoms with Gasteiger partial charge in [-0.15, -0.1) is 0 Å². The molecule has 2 unspecified atom stereocenters. The van der Waals surface area contributed by atoms with E-state index in [1.165, 1.54) is 56.1 Å². The number of likely N-dealkylation sites (N-methyl/N-ethyl adjacent to an activating group) is 1. The molecule has 0 amide bonds. The molecule has 1 heterocycles. The zero-order valence-corrected chi connectivity index (χ0v) is 14.0. The third-order valence-corrected chi connectivity index (χ3v) is 5.41. The van der Waals surface area contributed by atoms with E-state index in [2.05, 4.69) is 51.4 Å². The lowest BCUT2D eigenvalue weighted by atomic mass is 9.87. The molecule has 1 fully saturated rings. The second kappa shape index (κ2) is 6.59. The first kappa shape index (κ1) is 14.6. The summed E-state index contributed by atoms with van der Waals surface area (Å²) in [5.74, 6) is 0. The van der Waals surface area contributed by atoms with Crippen molar-refractivity contribution >= 4 is 15.9 Å². The largest absolute Gasteiger partial charge is 0.313 e. The van der Waals surface area contributed by atoms with Gasteiger partial charge in [-0.3, -0.25) is 0 Å². The van der Waals surface area contributed by atoms with Crippen LogP contribution in [0.1, 0.15) is 36.8 Å². The lowest BCUT2D eigenvalue weighted by Crippen LogP contribution is -2.47. The number of halogens is 1. The summed E-state index contributed by atoms with van der Waals surface area (Å²) in [5, 5.41) is 3.67. The number of nitrogens with one attached hydrogen (secondary N) is 1. The van der Waals surface area contributed by atoms with Gasteiger partial charge in [-0.25, -0.2) is 0 Å². The highest BCUT2D eigenvalue weighted by Gasteiger charge is 2.24. The van der Waals surface area contributed by atoms with Crippen LogP contribution in [0, 0.1) is 0 Å². The molecule has 0 saturated carbocycles. The van der Waals surface area contributed by atoms with Crippen LogP contribution in [0.4, 0.5) is 0 Å². The van der Waals surface area contributed by atoms with Crippen LogP contribution in [0.5, 0.6) is 0 Å². The molecule has 3 heteroatoms. The van der Waals surface area contributed by atoms with Gasteiger partial charge in [-0.1, -0.05) is 28.4 Å². The van der Waals surface area contributed by atoms with E-state index < -0.39 is 0 Å². The van der Waals surface area contributed by atoms with Gasteiger partial charge in [0.2, 0.25) is 0 Å². The molecular weight excluding hydrogens is 312 g/mol. The van der Waals surface area contributed by atoms with Gasteiger partial charge >= 0.3 is 0 Å². The minimum Gasteiger partial charge on any atom is -0.313 e. The van der Waals surface area contributed by atoms with Crippen LogP contribution in [-0.4, -0.2) is 37.1 Å². The number of fused-ring (bicyclic) bond motifs is 1. The Hall–Kier alpha value is -0.380. The van der Waals surface area contributed by atoms with E-state index in [1.807, 2.05) is 0 Å². The number of piperidine rings is 1. The predicted molar refractivity (Wildman–Crippen MR) is 88.2 cm³/mol. The third-order valence-electron chi connectivity index (χ3n) is 4.91. The molecule has 3 rings (SSSR count). The minimum absolute atomic E-state index is 0.708. The average molecular weight is 337 g/mol. The number of nitrogens with zero attached hydrogens (tertiary/aromatic N) is 1. The summed E-state index contributed by atoms with van der Waals surface area (Å²) < 4.78 is 1.22. The second-order valence-electron chi connectivity index (χ2n) is 6.40. The molecule has 1 aliphatic carbocycles. The Morgan fingerprint density at radius 2 is 2.15 bits per heavy atom. The molecule has 20 heavy (non-hydrogen) atoms. The SMILES string of the molecule is CN(CC1CCCCN1)C1CCc2cc(Br)ccc2C1. The smallest absolute Gasteiger partial charge is 0.0195 e. The third kappa shape index (κ3) is 3.44. The van der Waals surface area contributed by atoms with Crippen LogP contribution in [0.3, 0.4) is 0 Å². The number of rotatable bonds is 3. The number of benzene rings is 1. The fourth-order valence-corrected chi connectivity index (χ4v) is 4.07. The average Bonchev–Trinajstić information content (AvgIpc) is 2.47. The summed E-state index contributed by atoms with van der Waals surface area (Å²) in [6.45, 7) is 2.41. The molecule has 0 aromatic heterocycles. The van der Waals surface area contributed by atoms with Crippen molar-refractivity contribution in [3.63, 3.8) is 0 Å². The van der Waals surface area contributed by atoms with Crippen LogP contribution >= 0.6 is 15.9 Å². The molecular formula is C17H25BrN2. The van der Waals surface area contributed by atoms with E-state index in [-0.39, 0.29) is 0 Å². The summed E-state index contributed by atoms with van der Waals surface area (Å²) in [6, 6.07) is 8.21. The first-order chi connectivity index (χ1) is 9.72. The van der Waals surface area contributed by atoms with Crippen molar-refractivity contribution in [3.8, 4) is 0 Å². The number of aryl methyl sites for hydroxylation is 1. The highest BCUT2D eigenvalue weighted by atomic mass is 79.9. The number of hydrogen-bond acceptors (Lipinski definition) is 2. The van der Waals surface area contributed by atoms with Crippen LogP contribution < -0.4 is 5.32 Å². The Bertz CT molecular complexity index is 454. The van der Waals surface area contributed by atoms with Crippen molar-refractivity contribution in [2.24, 2.45) is 0 Å². The molecule has 2 nitrogen and oxygen atoms in total. The van der Waals surface area contributed by atoms with Gasteiger partial charge in [-0.2, -0.15) is 0 Å². The lowest BCUT2D eigenvalue weighted by Gasteiger charge is -2.36. The Labute approximate surface area is 131 Å². The van der Waals surface area contributed by atoms with Crippen LogP contribution in [0.25, 0.3) is 0 Å². The monoisotopic (exact) mass is 336 g/mol. The zero-order valence-electron chi connectivity index (χ0n) is 12.4. The molecule has 1 N–H and O–H groups in total. The van der Waals surface area contributed by atoms with Crippen molar-refractivity contribution in [2.45, 2.75) is 50.6 Å².